The Hall–Kier alpha value is -1.42. The molecule has 1 aromatic heterocycles. The largest absolute Gasteiger partial charge is 0.307 e. The molecule has 2 aromatic rings. The van der Waals surface area contributed by atoms with Crippen LogP contribution in [0.5, 0.6) is 0 Å². The molecule has 0 aliphatic carbocycles. The van der Waals surface area contributed by atoms with Crippen LogP contribution in [0.2, 0.25) is 0 Å². The molecular formula is C11H13N3S. The van der Waals surface area contributed by atoms with Crippen LogP contribution in [0.25, 0.3) is 0 Å². The third-order valence-electron chi connectivity index (χ3n) is 2.46. The van der Waals surface area contributed by atoms with Gasteiger partial charge in [0, 0.05) is 13.5 Å². The zero-order valence-electron chi connectivity index (χ0n) is 8.82. The summed E-state index contributed by atoms with van der Waals surface area (Å²) in [5, 5.41) is 6.96. The lowest BCUT2D eigenvalue weighted by Crippen LogP contribution is -1.99. The Labute approximate surface area is 93.8 Å². The first kappa shape index (κ1) is 10.1. The molecule has 0 fully saturated rings. The zero-order chi connectivity index (χ0) is 10.8. The average Bonchev–Trinajstić information content (AvgIpc) is 2.53. The number of aromatic amines is 1. The third kappa shape index (κ3) is 2.15. The molecule has 0 bridgehead atoms. The molecule has 2 rings (SSSR count). The van der Waals surface area contributed by atoms with Gasteiger partial charge in [-0.15, -0.1) is 0 Å². The molecule has 15 heavy (non-hydrogen) atoms. The summed E-state index contributed by atoms with van der Waals surface area (Å²) in [6.45, 7) is 2.08. The zero-order valence-corrected chi connectivity index (χ0v) is 9.64. The number of hydrogen-bond donors (Lipinski definition) is 1. The second kappa shape index (κ2) is 3.98. The molecule has 0 saturated heterocycles. The second-order valence-electron chi connectivity index (χ2n) is 3.67. The summed E-state index contributed by atoms with van der Waals surface area (Å²) in [6.07, 6.45) is 0.809. The second-order valence-corrected chi connectivity index (χ2v) is 4.05. The summed E-state index contributed by atoms with van der Waals surface area (Å²) in [5.74, 6) is 0.962. The van der Waals surface area contributed by atoms with E-state index in [2.05, 4.69) is 41.4 Å². The van der Waals surface area contributed by atoms with Crippen molar-refractivity contribution in [1.29, 1.82) is 0 Å². The number of rotatable bonds is 2. The molecule has 0 aliphatic rings. The van der Waals surface area contributed by atoms with Gasteiger partial charge in [0.05, 0.1) is 0 Å². The van der Waals surface area contributed by atoms with Gasteiger partial charge in [-0.3, -0.25) is 5.10 Å². The number of aryl methyl sites for hydroxylation is 1. The molecule has 0 aliphatic heterocycles. The van der Waals surface area contributed by atoms with E-state index < -0.39 is 0 Å². The van der Waals surface area contributed by atoms with E-state index in [1.807, 2.05) is 11.6 Å². The normalized spacial score (nSPS) is 10.5. The third-order valence-corrected chi connectivity index (χ3v) is 2.82. The Morgan fingerprint density at radius 1 is 1.33 bits per heavy atom. The minimum Gasteiger partial charge on any atom is -0.307 e. The SMILES string of the molecule is Cc1ccc(Cc2n[nH]c(=S)n2C)cc1. The van der Waals surface area contributed by atoms with Crippen LogP contribution in [0, 0.1) is 11.7 Å². The highest BCUT2D eigenvalue weighted by Gasteiger charge is 2.02. The van der Waals surface area contributed by atoms with Crippen LogP contribution < -0.4 is 0 Å². The van der Waals surface area contributed by atoms with E-state index in [1.54, 1.807) is 0 Å². The first-order valence-electron chi connectivity index (χ1n) is 4.82. The van der Waals surface area contributed by atoms with Gasteiger partial charge in [-0.1, -0.05) is 29.8 Å². The van der Waals surface area contributed by atoms with Crippen molar-refractivity contribution in [2.45, 2.75) is 13.3 Å². The predicted octanol–water partition coefficient (Wildman–Crippen LogP) is 2.38. The maximum absolute atomic E-state index is 5.06. The Balaban J connectivity index is 2.26. The van der Waals surface area contributed by atoms with Crippen molar-refractivity contribution in [2.75, 3.05) is 0 Å². The van der Waals surface area contributed by atoms with Gasteiger partial charge in [0.2, 0.25) is 0 Å². The number of hydrogen-bond acceptors (Lipinski definition) is 2. The van der Waals surface area contributed by atoms with E-state index in [0.717, 1.165) is 12.2 Å². The molecule has 0 saturated carbocycles. The first-order valence-corrected chi connectivity index (χ1v) is 5.23. The molecular weight excluding hydrogens is 206 g/mol. The number of benzene rings is 1. The molecule has 78 valence electrons. The van der Waals surface area contributed by atoms with Crippen molar-refractivity contribution in [3.05, 3.63) is 46.0 Å². The van der Waals surface area contributed by atoms with Gasteiger partial charge < -0.3 is 4.57 Å². The van der Waals surface area contributed by atoms with Gasteiger partial charge >= 0.3 is 0 Å². The van der Waals surface area contributed by atoms with Crippen LogP contribution in [0.15, 0.2) is 24.3 Å². The van der Waals surface area contributed by atoms with Crippen molar-refractivity contribution in [3.63, 3.8) is 0 Å². The summed E-state index contributed by atoms with van der Waals surface area (Å²) in [7, 11) is 1.93. The van der Waals surface area contributed by atoms with E-state index in [9.17, 15) is 0 Å². The Kier molecular flexibility index (Phi) is 2.68. The summed E-state index contributed by atoms with van der Waals surface area (Å²) >= 11 is 5.06. The first-order chi connectivity index (χ1) is 7.16. The van der Waals surface area contributed by atoms with Crippen LogP contribution in [0.4, 0.5) is 0 Å². The molecule has 3 nitrogen and oxygen atoms in total. The van der Waals surface area contributed by atoms with Crippen LogP contribution in [-0.2, 0) is 13.5 Å². The lowest BCUT2D eigenvalue weighted by atomic mass is 10.1. The maximum atomic E-state index is 5.06. The fourth-order valence-corrected chi connectivity index (χ4v) is 1.58. The Morgan fingerprint density at radius 3 is 2.53 bits per heavy atom. The molecule has 4 heteroatoms. The fourth-order valence-electron chi connectivity index (χ4n) is 1.43. The topological polar surface area (TPSA) is 33.6 Å². The molecule has 0 unspecified atom stereocenters. The fraction of sp³-hybridized carbons (Fsp3) is 0.273. The molecule has 0 atom stereocenters. The molecule has 1 aromatic carbocycles. The summed E-state index contributed by atoms with van der Waals surface area (Å²) in [5.41, 5.74) is 2.52. The minimum absolute atomic E-state index is 0.664. The summed E-state index contributed by atoms with van der Waals surface area (Å²) in [4.78, 5) is 0. The Morgan fingerprint density at radius 2 is 2.00 bits per heavy atom. The lowest BCUT2D eigenvalue weighted by Gasteiger charge is -2.01. The van der Waals surface area contributed by atoms with Crippen LogP contribution in [-0.4, -0.2) is 14.8 Å². The average molecular weight is 219 g/mol. The van der Waals surface area contributed by atoms with E-state index in [0.29, 0.717) is 4.77 Å². The highest BCUT2D eigenvalue weighted by atomic mass is 32.1. The number of nitrogens with zero attached hydrogens (tertiary/aromatic N) is 2. The lowest BCUT2D eigenvalue weighted by molar-refractivity contribution is 0.813. The molecule has 0 spiro atoms. The summed E-state index contributed by atoms with van der Waals surface area (Å²) in [6, 6.07) is 8.45. The van der Waals surface area contributed by atoms with Crippen LogP contribution in [0.1, 0.15) is 17.0 Å². The van der Waals surface area contributed by atoms with Gasteiger partial charge in [0.25, 0.3) is 0 Å². The summed E-state index contributed by atoms with van der Waals surface area (Å²) < 4.78 is 2.56. The van der Waals surface area contributed by atoms with Gasteiger partial charge in [0.1, 0.15) is 5.82 Å². The van der Waals surface area contributed by atoms with E-state index in [4.69, 9.17) is 12.2 Å². The quantitative estimate of drug-likeness (QED) is 0.787. The number of H-pyrrole nitrogens is 1. The highest BCUT2D eigenvalue weighted by Crippen LogP contribution is 2.08. The van der Waals surface area contributed by atoms with Crippen molar-refractivity contribution in [2.24, 2.45) is 7.05 Å². The number of nitrogens with one attached hydrogen (secondary N) is 1. The highest BCUT2D eigenvalue weighted by molar-refractivity contribution is 7.71. The van der Waals surface area contributed by atoms with E-state index in [1.165, 1.54) is 11.1 Å². The maximum Gasteiger partial charge on any atom is 0.194 e. The van der Waals surface area contributed by atoms with Crippen molar-refractivity contribution < 1.29 is 0 Å². The van der Waals surface area contributed by atoms with Gasteiger partial charge in [-0.2, -0.15) is 5.10 Å². The van der Waals surface area contributed by atoms with Crippen LogP contribution in [0.3, 0.4) is 0 Å². The Bertz CT molecular complexity index is 507. The van der Waals surface area contributed by atoms with Gasteiger partial charge in [-0.05, 0) is 24.7 Å². The number of aromatic nitrogens is 3. The predicted molar refractivity (Wildman–Crippen MR) is 62.4 cm³/mol. The molecule has 1 heterocycles. The van der Waals surface area contributed by atoms with Gasteiger partial charge in [-0.25, -0.2) is 0 Å². The van der Waals surface area contributed by atoms with Crippen molar-refractivity contribution >= 4 is 12.2 Å². The van der Waals surface area contributed by atoms with E-state index in [-0.39, 0.29) is 0 Å². The molecule has 0 amide bonds. The van der Waals surface area contributed by atoms with Crippen molar-refractivity contribution in [3.8, 4) is 0 Å². The smallest absolute Gasteiger partial charge is 0.194 e. The van der Waals surface area contributed by atoms with Gasteiger partial charge in [0.15, 0.2) is 4.77 Å². The standard InChI is InChI=1S/C11H13N3S/c1-8-3-5-9(6-4-8)7-10-12-13-11(15)14(10)2/h3-6H,7H2,1-2H3,(H,13,15). The van der Waals surface area contributed by atoms with Crippen molar-refractivity contribution in [1.82, 2.24) is 14.8 Å². The monoisotopic (exact) mass is 219 g/mol. The minimum atomic E-state index is 0.664. The molecule has 0 radical (unpaired) electrons. The van der Waals surface area contributed by atoms with E-state index >= 15 is 0 Å². The van der Waals surface area contributed by atoms with Crippen LogP contribution >= 0.6 is 12.2 Å². The molecule has 1 N–H and O–H groups in total.